The van der Waals surface area contributed by atoms with E-state index in [0.29, 0.717) is 16.1 Å². The second kappa shape index (κ2) is 7.87. The van der Waals surface area contributed by atoms with E-state index in [0.717, 1.165) is 23.2 Å². The highest BCUT2D eigenvalue weighted by Crippen LogP contribution is 2.39. The molecule has 0 unspecified atom stereocenters. The van der Waals surface area contributed by atoms with Crippen molar-refractivity contribution in [2.75, 3.05) is 5.32 Å². The van der Waals surface area contributed by atoms with Crippen molar-refractivity contribution in [3.05, 3.63) is 94.8 Å². The van der Waals surface area contributed by atoms with Crippen LogP contribution in [0.1, 0.15) is 29.7 Å². The first-order valence-electron chi connectivity index (χ1n) is 9.25. The molecule has 2 aromatic heterocycles. The van der Waals surface area contributed by atoms with E-state index in [-0.39, 0.29) is 11.8 Å². The normalized spacial score (nSPS) is 12.1. The first kappa shape index (κ1) is 18.3. The van der Waals surface area contributed by atoms with E-state index in [2.05, 4.69) is 46.5 Å². The van der Waals surface area contributed by atoms with Gasteiger partial charge in [0.25, 0.3) is 5.82 Å². The maximum atomic E-state index is 11.0. The van der Waals surface area contributed by atoms with Crippen molar-refractivity contribution in [2.24, 2.45) is 0 Å². The van der Waals surface area contributed by atoms with E-state index in [1.807, 2.05) is 42.6 Å². The molecule has 1 atom stereocenters. The number of aromatic hydroxyl groups is 1. The zero-order valence-corrected chi connectivity index (χ0v) is 16.2. The fourth-order valence-electron chi connectivity index (χ4n) is 3.35. The van der Waals surface area contributed by atoms with Crippen molar-refractivity contribution < 1.29 is 10.1 Å². The third kappa shape index (κ3) is 3.51. The number of rotatable bonds is 5. The fraction of sp³-hybridized carbons (Fsp3) is 0.130. The lowest BCUT2D eigenvalue weighted by molar-refractivity contribution is -0.361. The molecule has 0 bridgehead atoms. The highest BCUT2D eigenvalue weighted by Gasteiger charge is 2.25. The van der Waals surface area contributed by atoms with Crippen LogP contribution in [0.2, 0.25) is 5.02 Å². The molecule has 0 fully saturated rings. The van der Waals surface area contributed by atoms with Gasteiger partial charge in [0.15, 0.2) is 0 Å². The number of aromatic nitrogens is 2. The molecule has 3 N–H and O–H groups in total. The summed E-state index contributed by atoms with van der Waals surface area (Å²) in [5.41, 5.74) is 3.46. The Hall–Kier alpha value is -3.11. The molecular weight excluding hydrogens is 370 g/mol. The van der Waals surface area contributed by atoms with Crippen LogP contribution in [0.25, 0.3) is 10.9 Å². The molecule has 4 aromatic rings. The van der Waals surface area contributed by atoms with Gasteiger partial charge >= 0.3 is 0 Å². The molecule has 4 rings (SSSR count). The number of pyridine rings is 2. The maximum absolute atomic E-state index is 11.0. The van der Waals surface area contributed by atoms with Crippen LogP contribution < -0.4 is 10.3 Å². The number of anilines is 1. The molecule has 28 heavy (non-hydrogen) atoms. The van der Waals surface area contributed by atoms with Gasteiger partial charge in [-0.15, -0.1) is 0 Å². The number of hydrogen-bond acceptors (Lipinski definition) is 3. The molecular formula is C23H21ClN3O+. The number of nitrogens with one attached hydrogen (secondary N) is 2. The van der Waals surface area contributed by atoms with Gasteiger partial charge in [-0.05, 0) is 36.2 Å². The van der Waals surface area contributed by atoms with Crippen molar-refractivity contribution in [1.29, 1.82) is 0 Å². The Labute approximate surface area is 168 Å². The van der Waals surface area contributed by atoms with E-state index in [1.165, 1.54) is 5.56 Å². The number of phenolic OH excluding ortho intramolecular Hbond substituents is 1. The summed E-state index contributed by atoms with van der Waals surface area (Å²) in [6.07, 6.45) is 4.49. The van der Waals surface area contributed by atoms with Crippen LogP contribution in [-0.2, 0) is 6.42 Å². The minimum atomic E-state index is -0.298. The standard InChI is InChI=1S/C23H20ClN3O/c1-2-15-8-10-16(11-9-15)21(27-20-7-3-4-12-25-20)18-14-19(24)17-6-5-13-26-22(17)23(18)28/h3-14,21,28H,2H2,1H3,(H,25,27)/p+1/t21-/m1/s1. The van der Waals surface area contributed by atoms with Crippen molar-refractivity contribution in [1.82, 2.24) is 4.98 Å². The molecule has 0 spiro atoms. The van der Waals surface area contributed by atoms with Crippen LogP contribution in [0.3, 0.4) is 0 Å². The van der Waals surface area contributed by atoms with Gasteiger partial charge in [0.2, 0.25) is 0 Å². The average Bonchev–Trinajstić information content (AvgIpc) is 2.76. The molecule has 2 heterocycles. The van der Waals surface area contributed by atoms with E-state index in [4.69, 9.17) is 11.6 Å². The summed E-state index contributed by atoms with van der Waals surface area (Å²) in [6.45, 7) is 2.13. The van der Waals surface area contributed by atoms with Gasteiger partial charge in [0, 0.05) is 28.8 Å². The Morgan fingerprint density at radius 3 is 2.64 bits per heavy atom. The lowest BCUT2D eigenvalue weighted by Crippen LogP contribution is -2.19. The molecule has 0 aliphatic heterocycles. The zero-order valence-electron chi connectivity index (χ0n) is 15.5. The molecule has 0 saturated heterocycles. The molecule has 0 radical (unpaired) electrons. The van der Waals surface area contributed by atoms with Crippen molar-refractivity contribution in [2.45, 2.75) is 19.4 Å². The summed E-state index contributed by atoms with van der Waals surface area (Å²) >= 11 is 6.53. The van der Waals surface area contributed by atoms with Gasteiger partial charge in [0.05, 0.1) is 11.2 Å². The van der Waals surface area contributed by atoms with Crippen LogP contribution in [0, 0.1) is 0 Å². The Kier molecular flexibility index (Phi) is 5.13. The maximum Gasteiger partial charge on any atom is 0.272 e. The number of benzene rings is 2. The van der Waals surface area contributed by atoms with Gasteiger partial charge in [-0.25, -0.2) is 4.98 Å². The molecule has 5 heteroatoms. The molecule has 0 aliphatic rings. The third-order valence-corrected chi connectivity index (χ3v) is 5.20. The summed E-state index contributed by atoms with van der Waals surface area (Å²) in [5.74, 6) is 0.969. The van der Waals surface area contributed by atoms with E-state index < -0.39 is 0 Å². The second-order valence-corrected chi connectivity index (χ2v) is 7.05. The first-order chi connectivity index (χ1) is 13.7. The minimum Gasteiger partial charge on any atom is -0.505 e. The Morgan fingerprint density at radius 2 is 1.93 bits per heavy atom. The number of aryl methyl sites for hydroxylation is 1. The Balaban J connectivity index is 1.87. The second-order valence-electron chi connectivity index (χ2n) is 6.64. The predicted octanol–water partition coefficient (Wildman–Crippen LogP) is 5.17. The number of nitrogens with zero attached hydrogens (tertiary/aromatic N) is 1. The van der Waals surface area contributed by atoms with Gasteiger partial charge in [-0.1, -0.05) is 48.9 Å². The van der Waals surface area contributed by atoms with E-state index in [1.54, 1.807) is 6.20 Å². The summed E-state index contributed by atoms with van der Waals surface area (Å²) in [6, 6.07) is 19.4. The van der Waals surface area contributed by atoms with Crippen molar-refractivity contribution in [3.8, 4) is 5.75 Å². The molecule has 140 valence electrons. The summed E-state index contributed by atoms with van der Waals surface area (Å²) in [4.78, 5) is 7.53. The summed E-state index contributed by atoms with van der Waals surface area (Å²) in [5, 5.41) is 15.8. The Morgan fingerprint density at radius 1 is 1.11 bits per heavy atom. The van der Waals surface area contributed by atoms with E-state index in [9.17, 15) is 5.11 Å². The minimum absolute atomic E-state index is 0.132. The smallest absolute Gasteiger partial charge is 0.272 e. The topological polar surface area (TPSA) is 59.3 Å². The summed E-state index contributed by atoms with van der Waals surface area (Å²) in [7, 11) is 0. The molecule has 0 aliphatic carbocycles. The fourth-order valence-corrected chi connectivity index (χ4v) is 3.62. The number of H-pyrrole nitrogens is 1. The third-order valence-electron chi connectivity index (χ3n) is 4.89. The van der Waals surface area contributed by atoms with Gasteiger partial charge in [-0.2, -0.15) is 0 Å². The largest absolute Gasteiger partial charge is 0.505 e. The van der Waals surface area contributed by atoms with Crippen LogP contribution in [0.5, 0.6) is 5.75 Å². The lowest BCUT2D eigenvalue weighted by atomic mass is 9.95. The molecule has 0 saturated carbocycles. The van der Waals surface area contributed by atoms with Crippen LogP contribution in [0.4, 0.5) is 5.82 Å². The highest BCUT2D eigenvalue weighted by atomic mass is 35.5. The zero-order chi connectivity index (χ0) is 19.5. The monoisotopic (exact) mass is 390 g/mol. The predicted molar refractivity (Wildman–Crippen MR) is 113 cm³/mol. The number of hydrogen-bond donors (Lipinski definition) is 2. The average molecular weight is 391 g/mol. The van der Waals surface area contributed by atoms with Crippen molar-refractivity contribution >= 4 is 28.3 Å². The van der Waals surface area contributed by atoms with Crippen molar-refractivity contribution in [3.63, 3.8) is 0 Å². The van der Waals surface area contributed by atoms with Gasteiger partial charge < -0.3 is 5.11 Å². The first-order valence-corrected chi connectivity index (χ1v) is 9.63. The highest BCUT2D eigenvalue weighted by molar-refractivity contribution is 6.35. The molecule has 4 nitrogen and oxygen atoms in total. The van der Waals surface area contributed by atoms with Gasteiger partial charge in [-0.3, -0.25) is 10.3 Å². The number of halogens is 1. The molecule has 2 aromatic carbocycles. The van der Waals surface area contributed by atoms with Crippen LogP contribution in [-0.4, -0.2) is 10.1 Å². The quantitative estimate of drug-likeness (QED) is 0.494. The number of aromatic amines is 1. The van der Waals surface area contributed by atoms with Crippen LogP contribution >= 0.6 is 11.6 Å². The summed E-state index contributed by atoms with van der Waals surface area (Å²) < 4.78 is 0. The van der Waals surface area contributed by atoms with Crippen LogP contribution in [0.15, 0.2) is 73.1 Å². The number of fused-ring (bicyclic) bond motifs is 1. The molecule has 0 amide bonds. The van der Waals surface area contributed by atoms with E-state index >= 15 is 0 Å². The lowest BCUT2D eigenvalue weighted by Gasteiger charge is -2.18. The SMILES string of the molecule is CCc1ccc([C@@H](Nc2cccc[nH+]2)c2cc(Cl)c3cccnc3c2O)cc1. The van der Waals surface area contributed by atoms with Gasteiger partial charge in [0.1, 0.15) is 17.3 Å². The number of phenols is 1. The Bertz CT molecular complexity index is 1100.